The van der Waals surface area contributed by atoms with E-state index < -0.39 is 7.12 Å². The number of nitrogens with zero attached hydrogens (tertiary/aromatic N) is 1. The third-order valence-electron chi connectivity index (χ3n) is 8.97. The van der Waals surface area contributed by atoms with Crippen LogP contribution >= 0.6 is 0 Å². The van der Waals surface area contributed by atoms with E-state index in [-0.39, 0.29) is 10.8 Å². The van der Waals surface area contributed by atoms with Gasteiger partial charge in [0.2, 0.25) is 0 Å². The van der Waals surface area contributed by atoms with Crippen molar-refractivity contribution in [2.24, 2.45) is 0 Å². The molecule has 0 saturated heterocycles. The molecule has 0 aliphatic heterocycles. The Morgan fingerprint density at radius 1 is 0.538 bits per heavy atom. The molecule has 7 rings (SSSR count). The van der Waals surface area contributed by atoms with Gasteiger partial charge in [0.1, 0.15) is 0 Å². The van der Waals surface area contributed by atoms with Gasteiger partial charge in [0, 0.05) is 22.6 Å². The average Bonchev–Trinajstić information content (AvgIpc) is 3.32. The van der Waals surface area contributed by atoms with Gasteiger partial charge in [0.15, 0.2) is 0 Å². The van der Waals surface area contributed by atoms with Crippen LogP contribution in [0.3, 0.4) is 0 Å². The number of hydrogen-bond acceptors (Lipinski definition) is 3. The lowest BCUT2D eigenvalue weighted by Crippen LogP contribution is -2.31. The van der Waals surface area contributed by atoms with Crippen LogP contribution in [-0.2, 0) is 10.8 Å². The van der Waals surface area contributed by atoms with Gasteiger partial charge >= 0.3 is 7.12 Å². The summed E-state index contributed by atoms with van der Waals surface area (Å²) in [7, 11) is -1.47. The summed E-state index contributed by atoms with van der Waals surface area (Å²) >= 11 is 0. The van der Waals surface area contributed by atoms with E-state index in [1.54, 1.807) is 0 Å². The fraction of sp³-hybridized carbons (Fsp3) is 0.171. The molecule has 1 aromatic heterocycles. The zero-order valence-corrected chi connectivity index (χ0v) is 22.7. The van der Waals surface area contributed by atoms with Crippen LogP contribution in [0.5, 0.6) is 0 Å². The molecule has 0 unspecified atom stereocenters. The molecule has 4 heteroatoms. The number of rotatable bonds is 3. The van der Waals surface area contributed by atoms with Crippen molar-refractivity contribution in [3.05, 3.63) is 119 Å². The Bertz CT molecular complexity index is 1790. The maximum absolute atomic E-state index is 9.74. The van der Waals surface area contributed by atoms with Crippen LogP contribution in [-0.4, -0.2) is 22.2 Å². The van der Waals surface area contributed by atoms with Crippen molar-refractivity contribution in [3.8, 4) is 44.6 Å². The van der Waals surface area contributed by atoms with E-state index >= 15 is 0 Å². The van der Waals surface area contributed by atoms with Gasteiger partial charge in [-0.2, -0.15) is 0 Å². The minimum atomic E-state index is -1.47. The van der Waals surface area contributed by atoms with Crippen molar-refractivity contribution < 1.29 is 10.0 Å². The van der Waals surface area contributed by atoms with Gasteiger partial charge in [-0.3, -0.25) is 4.98 Å². The number of benzene rings is 4. The van der Waals surface area contributed by atoms with Gasteiger partial charge in [-0.15, -0.1) is 0 Å². The van der Waals surface area contributed by atoms with Crippen LogP contribution in [0.25, 0.3) is 44.6 Å². The van der Waals surface area contributed by atoms with E-state index in [0.29, 0.717) is 5.46 Å². The molecule has 190 valence electrons. The van der Waals surface area contributed by atoms with E-state index in [0.717, 1.165) is 16.8 Å². The number of fused-ring (bicyclic) bond motifs is 6. The minimum absolute atomic E-state index is 0.126. The van der Waals surface area contributed by atoms with Gasteiger partial charge < -0.3 is 10.0 Å². The molecule has 2 aliphatic carbocycles. The lowest BCUT2D eigenvalue weighted by molar-refractivity contribution is 0.425. The zero-order valence-electron chi connectivity index (χ0n) is 22.7. The Morgan fingerprint density at radius 3 is 1.49 bits per heavy atom. The normalized spacial score (nSPS) is 15.3. The predicted molar refractivity (Wildman–Crippen MR) is 160 cm³/mol. The standard InChI is InChI=1S/C35H30BNO2/c1-34(2)29-17-21(8-12-25(29)27-14-10-23(19-31(27)34)33-7-5-6-16-37-33)22-9-13-26-28-15-11-24(36(38)39)20-32(28)35(3,4)30(26)18-22/h5-20,38-39H,1-4H3. The lowest BCUT2D eigenvalue weighted by atomic mass is 9.75. The van der Waals surface area contributed by atoms with Crippen molar-refractivity contribution in [3.63, 3.8) is 0 Å². The maximum atomic E-state index is 9.74. The van der Waals surface area contributed by atoms with E-state index in [2.05, 4.69) is 93.3 Å². The molecule has 0 amide bonds. The lowest BCUT2D eigenvalue weighted by Gasteiger charge is -2.24. The molecule has 0 fully saturated rings. The molecule has 2 aliphatic rings. The van der Waals surface area contributed by atoms with Crippen molar-refractivity contribution in [1.29, 1.82) is 0 Å². The van der Waals surface area contributed by atoms with Crippen LogP contribution in [0, 0.1) is 0 Å². The van der Waals surface area contributed by atoms with Crippen LogP contribution < -0.4 is 5.46 Å². The number of hydrogen-bond donors (Lipinski definition) is 2. The van der Waals surface area contributed by atoms with Gasteiger partial charge in [-0.05, 0) is 91.4 Å². The first-order chi connectivity index (χ1) is 18.7. The van der Waals surface area contributed by atoms with Crippen molar-refractivity contribution in [1.82, 2.24) is 4.98 Å². The third-order valence-corrected chi connectivity index (χ3v) is 8.97. The molecule has 4 aromatic carbocycles. The molecule has 0 saturated carbocycles. The molecule has 0 atom stereocenters. The largest absolute Gasteiger partial charge is 0.488 e. The SMILES string of the molecule is CC1(C)c2cc(B(O)O)ccc2-c2ccc(-c3ccc4c(c3)C(C)(C)c3cc(-c5ccccn5)ccc3-4)cc21. The van der Waals surface area contributed by atoms with E-state index in [4.69, 9.17) is 0 Å². The summed E-state index contributed by atoms with van der Waals surface area (Å²) < 4.78 is 0. The molecular weight excluding hydrogens is 477 g/mol. The summed E-state index contributed by atoms with van der Waals surface area (Å²) in [5.41, 5.74) is 14.8. The van der Waals surface area contributed by atoms with Crippen molar-refractivity contribution in [2.45, 2.75) is 38.5 Å². The summed E-state index contributed by atoms with van der Waals surface area (Å²) in [6.07, 6.45) is 1.85. The monoisotopic (exact) mass is 507 g/mol. The molecule has 3 nitrogen and oxygen atoms in total. The fourth-order valence-corrected chi connectivity index (χ4v) is 6.71. The quantitative estimate of drug-likeness (QED) is 0.267. The molecule has 39 heavy (non-hydrogen) atoms. The summed E-state index contributed by atoms with van der Waals surface area (Å²) in [6.45, 7) is 9.08. The first-order valence-corrected chi connectivity index (χ1v) is 13.5. The van der Waals surface area contributed by atoms with Crippen LogP contribution in [0.2, 0.25) is 0 Å². The molecule has 1 heterocycles. The number of aromatic nitrogens is 1. The van der Waals surface area contributed by atoms with Crippen LogP contribution in [0.15, 0.2) is 97.2 Å². The van der Waals surface area contributed by atoms with E-state index in [1.807, 2.05) is 36.5 Å². The van der Waals surface area contributed by atoms with Crippen molar-refractivity contribution in [2.75, 3.05) is 0 Å². The Kier molecular flexibility index (Phi) is 5.10. The first kappa shape index (κ1) is 24.1. The van der Waals surface area contributed by atoms with E-state index in [9.17, 15) is 10.0 Å². The summed E-state index contributed by atoms with van der Waals surface area (Å²) in [6, 6.07) is 32.2. The van der Waals surface area contributed by atoms with Crippen LogP contribution in [0.1, 0.15) is 49.9 Å². The molecular formula is C35H30BNO2. The second-order valence-electron chi connectivity index (χ2n) is 11.9. The van der Waals surface area contributed by atoms with Gasteiger partial charge in [-0.25, -0.2) is 0 Å². The first-order valence-electron chi connectivity index (χ1n) is 13.5. The maximum Gasteiger partial charge on any atom is 0.488 e. The van der Waals surface area contributed by atoms with Gasteiger partial charge in [-0.1, -0.05) is 88.4 Å². The second kappa shape index (κ2) is 8.26. The average molecular weight is 507 g/mol. The highest BCUT2D eigenvalue weighted by atomic mass is 16.4. The zero-order chi connectivity index (χ0) is 27.1. The van der Waals surface area contributed by atoms with Gasteiger partial charge in [0.25, 0.3) is 0 Å². The summed E-state index contributed by atoms with van der Waals surface area (Å²) in [5, 5.41) is 19.5. The molecule has 2 N–H and O–H groups in total. The predicted octanol–water partition coefficient (Wildman–Crippen LogP) is 6.71. The highest BCUT2D eigenvalue weighted by Gasteiger charge is 2.38. The molecule has 0 spiro atoms. The Morgan fingerprint density at radius 2 is 1.00 bits per heavy atom. The Balaban J connectivity index is 1.30. The number of pyridine rings is 1. The summed E-state index contributed by atoms with van der Waals surface area (Å²) in [4.78, 5) is 4.57. The highest BCUT2D eigenvalue weighted by Crippen LogP contribution is 2.52. The Hall–Kier alpha value is -3.99. The van der Waals surface area contributed by atoms with Crippen LogP contribution in [0.4, 0.5) is 0 Å². The molecule has 5 aromatic rings. The van der Waals surface area contributed by atoms with E-state index in [1.165, 1.54) is 50.1 Å². The molecule has 0 radical (unpaired) electrons. The molecule has 0 bridgehead atoms. The smallest absolute Gasteiger partial charge is 0.423 e. The Labute approximate surface area is 230 Å². The topological polar surface area (TPSA) is 53.4 Å². The summed E-state index contributed by atoms with van der Waals surface area (Å²) in [5.74, 6) is 0. The second-order valence-corrected chi connectivity index (χ2v) is 11.9. The third kappa shape index (κ3) is 3.49. The minimum Gasteiger partial charge on any atom is -0.423 e. The van der Waals surface area contributed by atoms with Gasteiger partial charge in [0.05, 0.1) is 5.69 Å². The highest BCUT2D eigenvalue weighted by molar-refractivity contribution is 6.58. The fourth-order valence-electron chi connectivity index (χ4n) is 6.71. The van der Waals surface area contributed by atoms with Crippen molar-refractivity contribution >= 4 is 12.6 Å².